The van der Waals surface area contributed by atoms with Gasteiger partial charge in [0.1, 0.15) is 6.54 Å². The number of piperidine rings is 1. The van der Waals surface area contributed by atoms with Crippen LogP contribution < -0.4 is 0 Å². The highest BCUT2D eigenvalue weighted by atomic mass is 16.1. The molecule has 1 unspecified atom stereocenters. The van der Waals surface area contributed by atoms with Crippen LogP contribution >= 0.6 is 0 Å². The van der Waals surface area contributed by atoms with E-state index in [4.69, 9.17) is 0 Å². The lowest BCUT2D eigenvalue weighted by Gasteiger charge is -2.44. The van der Waals surface area contributed by atoms with E-state index in [9.17, 15) is 4.79 Å². The predicted octanol–water partition coefficient (Wildman–Crippen LogP) is 4.33. The Bertz CT molecular complexity index is 530. The first-order chi connectivity index (χ1) is 11.0. The summed E-state index contributed by atoms with van der Waals surface area (Å²) in [5.41, 5.74) is 1.05. The highest BCUT2D eigenvalue weighted by Crippen LogP contribution is 2.41. The van der Waals surface area contributed by atoms with Gasteiger partial charge in [0, 0.05) is 6.42 Å². The largest absolute Gasteiger partial charge is 0.322 e. The Kier molecular flexibility index (Phi) is 4.91. The summed E-state index contributed by atoms with van der Waals surface area (Å²) in [7, 11) is 4.38. The van der Waals surface area contributed by atoms with Gasteiger partial charge in [-0.2, -0.15) is 0 Å². The minimum Gasteiger partial charge on any atom is -0.322 e. The van der Waals surface area contributed by atoms with Crippen LogP contribution in [-0.2, 0) is 10.2 Å². The maximum atomic E-state index is 13.2. The van der Waals surface area contributed by atoms with E-state index in [0.717, 1.165) is 29.8 Å². The first-order valence-corrected chi connectivity index (χ1v) is 9.43. The molecule has 2 aliphatic rings. The monoisotopic (exact) mass is 314 g/mol. The highest BCUT2D eigenvalue weighted by Gasteiger charge is 2.47. The lowest BCUT2D eigenvalue weighted by atomic mass is 9.67. The highest BCUT2D eigenvalue weighted by molar-refractivity contribution is 5.91. The van der Waals surface area contributed by atoms with Gasteiger partial charge in [-0.25, -0.2) is 0 Å². The Morgan fingerprint density at radius 3 is 2.43 bits per heavy atom. The average Bonchev–Trinajstić information content (AvgIpc) is 2.56. The normalized spacial score (nSPS) is 28.7. The molecule has 2 heteroatoms. The number of hydrogen-bond donors (Lipinski definition) is 0. The van der Waals surface area contributed by atoms with Crippen LogP contribution in [0.5, 0.6) is 0 Å². The van der Waals surface area contributed by atoms with Gasteiger partial charge in [0.05, 0.1) is 26.1 Å². The molecular weight excluding hydrogens is 282 g/mol. The van der Waals surface area contributed by atoms with E-state index in [2.05, 4.69) is 44.4 Å². The number of benzene rings is 1. The minimum atomic E-state index is -0.216. The maximum absolute atomic E-state index is 13.2. The summed E-state index contributed by atoms with van der Waals surface area (Å²) in [6.45, 7) is 1.78. The molecule has 3 rings (SSSR count). The van der Waals surface area contributed by atoms with Crippen molar-refractivity contribution in [2.45, 2.75) is 56.8 Å². The molecule has 1 aliphatic heterocycles. The lowest BCUT2D eigenvalue weighted by molar-refractivity contribution is -0.886. The number of carbonyl (C=O) groups is 1. The Balaban J connectivity index is 1.81. The van der Waals surface area contributed by atoms with E-state index in [1.165, 1.54) is 44.1 Å². The smallest absolute Gasteiger partial charge is 0.197 e. The molecule has 2 nitrogen and oxygen atoms in total. The fraction of sp³-hybridized carbons (Fsp3) is 0.667. The third-order valence-corrected chi connectivity index (χ3v) is 6.28. The molecule has 1 saturated heterocycles. The zero-order valence-electron chi connectivity index (χ0n) is 14.9. The molecular formula is C21H32NO+. The quantitative estimate of drug-likeness (QED) is 0.756. The molecule has 23 heavy (non-hydrogen) atoms. The third-order valence-electron chi connectivity index (χ3n) is 6.28. The second-order valence-corrected chi connectivity index (χ2v) is 8.48. The number of nitrogens with zero attached hydrogens (tertiary/aromatic N) is 1. The van der Waals surface area contributed by atoms with E-state index in [0.29, 0.717) is 12.3 Å². The Labute approximate surface area is 141 Å². The fourth-order valence-electron chi connectivity index (χ4n) is 4.65. The third kappa shape index (κ3) is 3.68. The molecule has 2 fully saturated rings. The molecule has 1 heterocycles. The molecule has 0 spiro atoms. The van der Waals surface area contributed by atoms with Gasteiger partial charge in [0.25, 0.3) is 0 Å². The van der Waals surface area contributed by atoms with Crippen LogP contribution in [0.2, 0.25) is 0 Å². The number of likely N-dealkylation sites (N-methyl/N-ethyl adjacent to an activating group) is 1. The lowest BCUT2D eigenvalue weighted by Crippen LogP contribution is -2.57. The van der Waals surface area contributed by atoms with Crippen LogP contribution in [0.25, 0.3) is 0 Å². The number of hydrogen-bond acceptors (Lipinski definition) is 1. The zero-order valence-corrected chi connectivity index (χ0v) is 14.9. The van der Waals surface area contributed by atoms with Gasteiger partial charge in [-0.05, 0) is 24.3 Å². The van der Waals surface area contributed by atoms with Crippen LogP contribution in [0.1, 0.15) is 56.9 Å². The number of ketones is 1. The van der Waals surface area contributed by atoms with Gasteiger partial charge in [-0.1, -0.05) is 62.4 Å². The van der Waals surface area contributed by atoms with Crippen molar-refractivity contribution in [3.63, 3.8) is 0 Å². The molecule has 1 saturated carbocycles. The topological polar surface area (TPSA) is 17.1 Å². The molecule has 0 amide bonds. The van der Waals surface area contributed by atoms with Crippen molar-refractivity contribution < 1.29 is 9.28 Å². The summed E-state index contributed by atoms with van der Waals surface area (Å²) in [6, 6.07) is 10.6. The fourth-order valence-corrected chi connectivity index (χ4v) is 4.65. The molecule has 1 atom stereocenters. The summed E-state index contributed by atoms with van der Waals surface area (Å²) in [5.74, 6) is 1.32. The summed E-state index contributed by atoms with van der Waals surface area (Å²) in [6.07, 6.45) is 10.2. The maximum Gasteiger partial charge on any atom is 0.197 e. The molecule has 1 aromatic carbocycles. The molecule has 0 radical (unpaired) electrons. The Morgan fingerprint density at radius 2 is 1.78 bits per heavy atom. The standard InChI is InChI=1S/C21H32NO/c1-22(2)16-15-21(20(23)17-22,19-11-7-4-8-12-19)14-13-18-9-5-3-6-10-18/h4,7-8,11-12,18H,3,5-6,9-10,13-17H2,1-2H3/q+1. The van der Waals surface area contributed by atoms with E-state index >= 15 is 0 Å². The van der Waals surface area contributed by atoms with Crippen molar-refractivity contribution >= 4 is 5.78 Å². The van der Waals surface area contributed by atoms with Crippen molar-refractivity contribution in [2.75, 3.05) is 27.2 Å². The van der Waals surface area contributed by atoms with E-state index in [1.54, 1.807) is 0 Å². The van der Waals surface area contributed by atoms with Gasteiger partial charge >= 0.3 is 0 Å². The number of Topliss-reactive ketones (excluding diaryl/α,β-unsaturated/α-hetero) is 1. The molecule has 1 aliphatic carbocycles. The van der Waals surface area contributed by atoms with Gasteiger partial charge < -0.3 is 4.48 Å². The molecule has 0 aromatic heterocycles. The second-order valence-electron chi connectivity index (χ2n) is 8.48. The van der Waals surface area contributed by atoms with E-state index in [1.807, 2.05) is 0 Å². The van der Waals surface area contributed by atoms with Crippen LogP contribution in [0.3, 0.4) is 0 Å². The van der Waals surface area contributed by atoms with Gasteiger partial charge in [-0.15, -0.1) is 0 Å². The zero-order chi connectivity index (χ0) is 16.3. The molecule has 0 bridgehead atoms. The van der Waals surface area contributed by atoms with E-state index in [-0.39, 0.29) is 5.41 Å². The van der Waals surface area contributed by atoms with Gasteiger partial charge in [0.2, 0.25) is 0 Å². The Morgan fingerprint density at radius 1 is 1.09 bits per heavy atom. The van der Waals surface area contributed by atoms with Gasteiger partial charge in [0.15, 0.2) is 5.78 Å². The van der Waals surface area contributed by atoms with Crippen molar-refractivity contribution in [2.24, 2.45) is 5.92 Å². The van der Waals surface area contributed by atoms with Crippen LogP contribution in [0.4, 0.5) is 0 Å². The number of likely N-dealkylation sites (tertiary alicyclic amines) is 1. The van der Waals surface area contributed by atoms with Gasteiger partial charge in [-0.3, -0.25) is 4.79 Å². The summed E-state index contributed by atoms with van der Waals surface area (Å²) < 4.78 is 0.844. The van der Waals surface area contributed by atoms with E-state index < -0.39 is 0 Å². The Hall–Kier alpha value is -1.15. The van der Waals surface area contributed by atoms with Crippen LogP contribution in [0.15, 0.2) is 30.3 Å². The van der Waals surface area contributed by atoms with Crippen molar-refractivity contribution in [3.05, 3.63) is 35.9 Å². The molecule has 126 valence electrons. The van der Waals surface area contributed by atoms with Crippen molar-refractivity contribution in [1.29, 1.82) is 0 Å². The van der Waals surface area contributed by atoms with Crippen LogP contribution in [0, 0.1) is 5.92 Å². The summed E-state index contributed by atoms with van der Waals surface area (Å²) >= 11 is 0. The first-order valence-electron chi connectivity index (χ1n) is 9.43. The first kappa shape index (κ1) is 16.7. The minimum absolute atomic E-state index is 0.216. The number of carbonyl (C=O) groups excluding carboxylic acids is 1. The predicted molar refractivity (Wildman–Crippen MR) is 95.4 cm³/mol. The average molecular weight is 314 g/mol. The summed E-state index contributed by atoms with van der Waals surface area (Å²) in [4.78, 5) is 13.2. The van der Waals surface area contributed by atoms with Crippen LogP contribution in [-0.4, -0.2) is 37.5 Å². The SMILES string of the molecule is C[N+]1(C)CCC(CCC2CCCCC2)(c2ccccc2)C(=O)C1. The van der Waals surface area contributed by atoms with Crippen molar-refractivity contribution in [1.82, 2.24) is 0 Å². The molecule has 1 aromatic rings. The number of quaternary nitrogens is 1. The van der Waals surface area contributed by atoms with Crippen molar-refractivity contribution in [3.8, 4) is 0 Å². The molecule has 0 N–H and O–H groups in total. The summed E-state index contributed by atoms with van der Waals surface area (Å²) in [5, 5.41) is 0. The second kappa shape index (κ2) is 6.76. The number of rotatable bonds is 4.